The second-order valence-corrected chi connectivity index (χ2v) is 7.88. The molecule has 0 radical (unpaired) electrons. The van der Waals surface area contributed by atoms with E-state index in [4.69, 9.17) is 32.7 Å². The first-order chi connectivity index (χ1) is 12.5. The molecule has 1 amide bonds. The van der Waals surface area contributed by atoms with Crippen molar-refractivity contribution in [1.82, 2.24) is 0 Å². The molecule has 1 N–H and O–H groups in total. The van der Waals surface area contributed by atoms with Crippen LogP contribution in [0, 0.1) is 0 Å². The monoisotopic (exact) mass is 411 g/mol. The predicted molar refractivity (Wildman–Crippen MR) is 107 cm³/mol. The van der Waals surface area contributed by atoms with Gasteiger partial charge in [-0.25, -0.2) is 4.79 Å². The largest absolute Gasteiger partial charge is 0.494 e. The Morgan fingerprint density at radius 1 is 1.15 bits per heavy atom. The van der Waals surface area contributed by atoms with Crippen LogP contribution < -0.4 is 10.1 Å². The molecule has 4 nitrogen and oxygen atoms in total. The molecule has 7 heteroatoms. The zero-order valence-electron chi connectivity index (χ0n) is 14.3. The standard InChI is InChI=1S/C19H19Cl2NO3S/c1-12-15-10-13(4-7-18(15)22-19(23)25-12)24-8-2-3-9-26-14-5-6-16(20)17(21)11-14/h4-7,10-12H,2-3,8-9H2,1H3,(H,22,23). The normalized spacial score (nSPS) is 15.8. The average molecular weight is 412 g/mol. The van der Waals surface area contributed by atoms with Gasteiger partial charge in [0.25, 0.3) is 0 Å². The van der Waals surface area contributed by atoms with Crippen molar-refractivity contribution in [3.05, 3.63) is 52.0 Å². The molecule has 0 aromatic heterocycles. The fourth-order valence-electron chi connectivity index (χ4n) is 2.60. The topological polar surface area (TPSA) is 47.6 Å². The van der Waals surface area contributed by atoms with Crippen LogP contribution in [0.15, 0.2) is 41.3 Å². The first kappa shape index (κ1) is 19.2. The van der Waals surface area contributed by atoms with E-state index in [1.807, 2.05) is 43.3 Å². The van der Waals surface area contributed by atoms with Gasteiger partial charge in [0.05, 0.1) is 22.3 Å². The van der Waals surface area contributed by atoms with Crippen LogP contribution in [0.2, 0.25) is 10.0 Å². The number of ether oxygens (including phenoxy) is 2. The summed E-state index contributed by atoms with van der Waals surface area (Å²) in [5, 5.41) is 3.85. The van der Waals surface area contributed by atoms with Gasteiger partial charge in [-0.1, -0.05) is 23.2 Å². The molecule has 1 aliphatic heterocycles. The van der Waals surface area contributed by atoms with Gasteiger partial charge >= 0.3 is 6.09 Å². The Bertz CT molecular complexity index is 800. The molecule has 1 heterocycles. The zero-order valence-corrected chi connectivity index (χ0v) is 16.6. The van der Waals surface area contributed by atoms with E-state index in [2.05, 4.69) is 5.32 Å². The first-order valence-electron chi connectivity index (χ1n) is 8.35. The quantitative estimate of drug-likeness (QED) is 0.413. The maximum atomic E-state index is 11.4. The predicted octanol–water partition coefficient (Wildman–Crippen LogP) is 6.57. The molecule has 0 saturated carbocycles. The lowest BCUT2D eigenvalue weighted by Crippen LogP contribution is -2.23. The lowest BCUT2D eigenvalue weighted by Gasteiger charge is -2.23. The molecule has 0 aliphatic carbocycles. The summed E-state index contributed by atoms with van der Waals surface area (Å²) in [5.74, 6) is 1.77. The van der Waals surface area contributed by atoms with E-state index in [0.29, 0.717) is 16.7 Å². The Morgan fingerprint density at radius 3 is 2.81 bits per heavy atom. The van der Waals surface area contributed by atoms with E-state index in [-0.39, 0.29) is 6.10 Å². The molecule has 138 valence electrons. The summed E-state index contributed by atoms with van der Waals surface area (Å²) in [6.07, 6.45) is 1.29. The van der Waals surface area contributed by atoms with E-state index in [1.54, 1.807) is 11.8 Å². The third-order valence-electron chi connectivity index (χ3n) is 3.95. The van der Waals surface area contributed by atoms with Crippen LogP contribution in [-0.4, -0.2) is 18.5 Å². The second-order valence-electron chi connectivity index (χ2n) is 5.90. The van der Waals surface area contributed by atoms with Crippen molar-refractivity contribution in [2.75, 3.05) is 17.7 Å². The molecule has 3 rings (SSSR count). The number of carbonyl (C=O) groups excluding carboxylic acids is 1. The summed E-state index contributed by atoms with van der Waals surface area (Å²) < 4.78 is 11.0. The first-order valence-corrected chi connectivity index (χ1v) is 10.1. The number of hydrogen-bond donors (Lipinski definition) is 1. The van der Waals surface area contributed by atoms with Crippen LogP contribution in [0.3, 0.4) is 0 Å². The number of hydrogen-bond acceptors (Lipinski definition) is 4. The number of amides is 1. The molecule has 1 aliphatic rings. The molecule has 0 fully saturated rings. The van der Waals surface area contributed by atoms with E-state index in [0.717, 1.165) is 40.5 Å². The number of rotatable bonds is 7. The fraction of sp³-hybridized carbons (Fsp3) is 0.316. The van der Waals surface area contributed by atoms with Crippen LogP contribution in [0.25, 0.3) is 0 Å². The van der Waals surface area contributed by atoms with Gasteiger partial charge in [0.2, 0.25) is 0 Å². The highest BCUT2D eigenvalue weighted by molar-refractivity contribution is 7.99. The summed E-state index contributed by atoms with van der Waals surface area (Å²) in [6, 6.07) is 11.3. The van der Waals surface area contributed by atoms with Gasteiger partial charge in [-0.2, -0.15) is 0 Å². The third kappa shape index (κ3) is 5.00. The molecule has 26 heavy (non-hydrogen) atoms. The second kappa shape index (κ2) is 8.89. The minimum atomic E-state index is -0.418. The lowest BCUT2D eigenvalue weighted by atomic mass is 10.1. The Labute approximate surface area is 167 Å². The van der Waals surface area contributed by atoms with E-state index < -0.39 is 6.09 Å². The Hall–Kier alpha value is -1.56. The fourth-order valence-corrected chi connectivity index (χ4v) is 3.91. The SMILES string of the molecule is CC1OC(=O)Nc2ccc(OCCCCSc3ccc(Cl)c(Cl)c3)cc21. The van der Waals surface area contributed by atoms with Crippen molar-refractivity contribution in [2.45, 2.75) is 30.8 Å². The van der Waals surface area contributed by atoms with E-state index in [9.17, 15) is 4.79 Å². The molecule has 0 spiro atoms. The van der Waals surface area contributed by atoms with Crippen molar-refractivity contribution in [3.8, 4) is 5.75 Å². The molecule has 0 saturated heterocycles. The minimum Gasteiger partial charge on any atom is -0.494 e. The highest BCUT2D eigenvalue weighted by atomic mass is 35.5. The molecule has 0 bridgehead atoms. The Balaban J connectivity index is 1.40. The third-order valence-corrected chi connectivity index (χ3v) is 5.77. The van der Waals surface area contributed by atoms with Gasteiger partial charge < -0.3 is 9.47 Å². The van der Waals surface area contributed by atoms with Gasteiger partial charge in [0, 0.05) is 10.5 Å². The summed E-state index contributed by atoms with van der Waals surface area (Å²) >= 11 is 13.7. The number of anilines is 1. The average Bonchev–Trinajstić information content (AvgIpc) is 2.61. The Kier molecular flexibility index (Phi) is 6.57. The van der Waals surface area contributed by atoms with Crippen molar-refractivity contribution in [1.29, 1.82) is 0 Å². The summed E-state index contributed by atoms with van der Waals surface area (Å²) in [7, 11) is 0. The number of thioether (sulfide) groups is 1. The number of nitrogens with one attached hydrogen (secondary N) is 1. The molecule has 2 aromatic carbocycles. The van der Waals surface area contributed by atoms with Gasteiger partial charge in [-0.15, -0.1) is 11.8 Å². The lowest BCUT2D eigenvalue weighted by molar-refractivity contribution is 0.116. The molecular formula is C19H19Cl2NO3S. The maximum Gasteiger partial charge on any atom is 0.412 e. The number of cyclic esters (lactones) is 1. The number of carbonyl (C=O) groups is 1. The molecule has 2 aromatic rings. The smallest absolute Gasteiger partial charge is 0.412 e. The number of fused-ring (bicyclic) bond motifs is 1. The maximum absolute atomic E-state index is 11.4. The molecule has 1 unspecified atom stereocenters. The minimum absolute atomic E-state index is 0.273. The molecule has 1 atom stereocenters. The van der Waals surface area contributed by atoms with E-state index in [1.165, 1.54) is 0 Å². The van der Waals surface area contributed by atoms with Crippen LogP contribution in [0.5, 0.6) is 5.75 Å². The summed E-state index contributed by atoms with van der Waals surface area (Å²) in [6.45, 7) is 2.49. The van der Waals surface area contributed by atoms with E-state index >= 15 is 0 Å². The van der Waals surface area contributed by atoms with Crippen molar-refractivity contribution >= 4 is 46.7 Å². The highest BCUT2D eigenvalue weighted by Crippen LogP contribution is 2.33. The Morgan fingerprint density at radius 2 is 2.00 bits per heavy atom. The van der Waals surface area contributed by atoms with Gasteiger partial charge in [0.15, 0.2) is 0 Å². The molecular weight excluding hydrogens is 393 g/mol. The van der Waals surface area contributed by atoms with Crippen molar-refractivity contribution in [3.63, 3.8) is 0 Å². The summed E-state index contributed by atoms with van der Waals surface area (Å²) in [4.78, 5) is 12.5. The van der Waals surface area contributed by atoms with Gasteiger partial charge in [-0.05, 0) is 61.9 Å². The zero-order chi connectivity index (χ0) is 18.5. The van der Waals surface area contributed by atoms with Crippen molar-refractivity contribution < 1.29 is 14.3 Å². The van der Waals surface area contributed by atoms with Gasteiger partial charge in [0.1, 0.15) is 11.9 Å². The number of halogens is 2. The van der Waals surface area contributed by atoms with Crippen LogP contribution >= 0.6 is 35.0 Å². The number of benzene rings is 2. The van der Waals surface area contributed by atoms with Gasteiger partial charge in [-0.3, -0.25) is 5.32 Å². The highest BCUT2D eigenvalue weighted by Gasteiger charge is 2.22. The summed E-state index contributed by atoms with van der Waals surface area (Å²) in [5.41, 5.74) is 1.70. The van der Waals surface area contributed by atoms with Crippen LogP contribution in [0.4, 0.5) is 10.5 Å². The number of unbranched alkanes of at least 4 members (excludes halogenated alkanes) is 1. The van der Waals surface area contributed by atoms with Crippen LogP contribution in [-0.2, 0) is 4.74 Å². The van der Waals surface area contributed by atoms with Crippen molar-refractivity contribution in [2.24, 2.45) is 0 Å². The van der Waals surface area contributed by atoms with Crippen LogP contribution in [0.1, 0.15) is 31.4 Å².